The maximum atomic E-state index is 12.5. The molecule has 4 rings (SSSR count). The molecule has 1 heterocycles. The fraction of sp³-hybridized carbons (Fsp3) is 0.148. The zero-order chi connectivity index (χ0) is 25.5. The summed E-state index contributed by atoms with van der Waals surface area (Å²) in [6.45, 7) is 5.42. The highest BCUT2D eigenvalue weighted by atomic mass is 16.6. The van der Waals surface area contributed by atoms with Gasteiger partial charge in [-0.1, -0.05) is 24.3 Å². The third kappa shape index (κ3) is 6.77. The molecule has 0 spiro atoms. The Kier molecular flexibility index (Phi) is 7.07. The molecule has 3 aromatic carbocycles. The molecule has 0 bridgehead atoms. The van der Waals surface area contributed by atoms with Gasteiger partial charge in [0, 0.05) is 5.69 Å². The molecular weight excluding hydrogens is 458 g/mol. The van der Waals surface area contributed by atoms with Gasteiger partial charge in [0.25, 0.3) is 0 Å². The van der Waals surface area contributed by atoms with Crippen molar-refractivity contribution in [3.63, 3.8) is 0 Å². The van der Waals surface area contributed by atoms with Crippen LogP contribution in [0.5, 0.6) is 23.5 Å². The summed E-state index contributed by atoms with van der Waals surface area (Å²) >= 11 is 0. The largest absolute Gasteiger partial charge is 0.456 e. The lowest BCUT2D eigenvalue weighted by molar-refractivity contribution is 0.00695. The van der Waals surface area contributed by atoms with Crippen molar-refractivity contribution >= 4 is 17.6 Å². The van der Waals surface area contributed by atoms with Gasteiger partial charge in [-0.2, -0.15) is 15.2 Å². The van der Waals surface area contributed by atoms with Gasteiger partial charge in [-0.3, -0.25) is 0 Å². The molecule has 9 heteroatoms. The molecule has 180 valence electrons. The molecule has 9 nitrogen and oxygen atoms in total. The van der Waals surface area contributed by atoms with E-state index in [9.17, 15) is 4.79 Å². The van der Waals surface area contributed by atoms with E-state index in [1.54, 1.807) is 60.7 Å². The van der Waals surface area contributed by atoms with E-state index in [0.717, 1.165) is 0 Å². The van der Waals surface area contributed by atoms with E-state index in [-0.39, 0.29) is 18.0 Å². The Hall–Kier alpha value is -4.97. The van der Waals surface area contributed by atoms with Gasteiger partial charge in [-0.25, -0.2) is 4.79 Å². The number of para-hydroxylation sites is 1. The molecular formula is C27H23N5O4. The molecule has 0 aliphatic heterocycles. The summed E-state index contributed by atoms with van der Waals surface area (Å²) in [6.07, 6.45) is 0. The standard InChI is InChI=1S/C27H23N5O4/c1-27(2,3)36-23(33)19-8-7-9-20(16-19)29-24-30-25(34-21-10-5-4-6-11-21)32-26(31-24)35-22-14-12-18(17-28)13-15-22/h4-16H,1-3H3,(H,29,30,31,32). The zero-order valence-electron chi connectivity index (χ0n) is 19.9. The number of nitrogens with zero attached hydrogens (tertiary/aromatic N) is 4. The highest BCUT2D eigenvalue weighted by Crippen LogP contribution is 2.26. The molecule has 0 unspecified atom stereocenters. The predicted molar refractivity (Wildman–Crippen MR) is 132 cm³/mol. The number of nitriles is 1. The Morgan fingerprint density at radius 1 is 0.833 bits per heavy atom. The highest BCUT2D eigenvalue weighted by molar-refractivity contribution is 5.91. The van der Waals surface area contributed by atoms with E-state index >= 15 is 0 Å². The van der Waals surface area contributed by atoms with Crippen LogP contribution < -0.4 is 14.8 Å². The maximum absolute atomic E-state index is 12.5. The Morgan fingerprint density at radius 3 is 2.08 bits per heavy atom. The number of aromatic nitrogens is 3. The van der Waals surface area contributed by atoms with Gasteiger partial charge in [0.15, 0.2) is 0 Å². The first-order valence-corrected chi connectivity index (χ1v) is 11.0. The predicted octanol–water partition coefficient (Wildman–Crippen LogP) is 6.03. The molecule has 0 saturated carbocycles. The second-order valence-electron chi connectivity index (χ2n) is 8.59. The van der Waals surface area contributed by atoms with E-state index in [1.165, 1.54) is 0 Å². The van der Waals surface area contributed by atoms with E-state index in [1.807, 2.05) is 39.0 Å². The number of rotatable bonds is 7. The van der Waals surface area contributed by atoms with Gasteiger partial charge in [0.2, 0.25) is 5.95 Å². The fourth-order valence-corrected chi connectivity index (χ4v) is 2.97. The van der Waals surface area contributed by atoms with Crippen molar-refractivity contribution in [2.45, 2.75) is 26.4 Å². The van der Waals surface area contributed by atoms with Crippen LogP contribution >= 0.6 is 0 Å². The Morgan fingerprint density at radius 2 is 1.47 bits per heavy atom. The van der Waals surface area contributed by atoms with Crippen molar-refractivity contribution in [1.29, 1.82) is 5.26 Å². The summed E-state index contributed by atoms with van der Waals surface area (Å²) in [5, 5.41) is 12.1. The third-order valence-corrected chi connectivity index (χ3v) is 4.49. The first-order chi connectivity index (χ1) is 17.3. The Bertz CT molecular complexity index is 1390. The van der Waals surface area contributed by atoms with Gasteiger partial charge in [-0.05, 0) is 75.4 Å². The smallest absolute Gasteiger partial charge is 0.338 e. The van der Waals surface area contributed by atoms with Gasteiger partial charge < -0.3 is 19.5 Å². The van der Waals surface area contributed by atoms with Gasteiger partial charge in [-0.15, -0.1) is 4.98 Å². The van der Waals surface area contributed by atoms with Crippen LogP contribution in [-0.2, 0) is 4.74 Å². The van der Waals surface area contributed by atoms with Crippen molar-refractivity contribution < 1.29 is 19.0 Å². The molecule has 36 heavy (non-hydrogen) atoms. The van der Waals surface area contributed by atoms with Crippen LogP contribution in [0.2, 0.25) is 0 Å². The molecule has 0 aliphatic rings. The van der Waals surface area contributed by atoms with Crippen molar-refractivity contribution in [2.75, 3.05) is 5.32 Å². The lowest BCUT2D eigenvalue weighted by atomic mass is 10.1. The van der Waals surface area contributed by atoms with Crippen LogP contribution in [-0.4, -0.2) is 26.5 Å². The maximum Gasteiger partial charge on any atom is 0.338 e. The number of benzene rings is 3. The lowest BCUT2D eigenvalue weighted by Gasteiger charge is -2.19. The van der Waals surface area contributed by atoms with Crippen molar-refractivity contribution in [2.24, 2.45) is 0 Å². The summed E-state index contributed by atoms with van der Waals surface area (Å²) in [5.74, 6) is 0.662. The van der Waals surface area contributed by atoms with E-state index in [4.69, 9.17) is 19.5 Å². The monoisotopic (exact) mass is 481 g/mol. The van der Waals surface area contributed by atoms with Gasteiger partial charge in [0.1, 0.15) is 17.1 Å². The van der Waals surface area contributed by atoms with Crippen LogP contribution in [0, 0.1) is 11.3 Å². The second kappa shape index (κ2) is 10.5. The molecule has 0 fully saturated rings. The summed E-state index contributed by atoms with van der Waals surface area (Å²) in [6, 6.07) is 24.4. The van der Waals surface area contributed by atoms with E-state index in [0.29, 0.717) is 28.3 Å². The van der Waals surface area contributed by atoms with Crippen molar-refractivity contribution in [1.82, 2.24) is 15.0 Å². The Balaban J connectivity index is 1.62. The molecule has 4 aromatic rings. The molecule has 0 saturated heterocycles. The minimum Gasteiger partial charge on any atom is -0.456 e. The number of hydrogen-bond donors (Lipinski definition) is 1. The fourth-order valence-electron chi connectivity index (χ4n) is 2.97. The van der Waals surface area contributed by atoms with Crippen LogP contribution in [0.4, 0.5) is 11.6 Å². The number of nitrogens with one attached hydrogen (secondary N) is 1. The van der Waals surface area contributed by atoms with Crippen molar-refractivity contribution in [3.05, 3.63) is 90.0 Å². The highest BCUT2D eigenvalue weighted by Gasteiger charge is 2.18. The summed E-state index contributed by atoms with van der Waals surface area (Å²) in [7, 11) is 0. The molecule has 1 aromatic heterocycles. The first kappa shape index (κ1) is 24.2. The van der Waals surface area contributed by atoms with Crippen LogP contribution in [0.15, 0.2) is 78.9 Å². The molecule has 0 aliphatic carbocycles. The normalized spacial score (nSPS) is 10.7. The number of carbonyl (C=O) groups is 1. The number of hydrogen-bond acceptors (Lipinski definition) is 9. The zero-order valence-corrected chi connectivity index (χ0v) is 19.9. The SMILES string of the molecule is CC(C)(C)OC(=O)c1cccc(Nc2nc(Oc3ccccc3)nc(Oc3ccc(C#N)cc3)n2)c1. The number of carbonyl (C=O) groups excluding carboxylic acids is 1. The van der Waals surface area contributed by atoms with E-state index in [2.05, 4.69) is 26.3 Å². The molecule has 1 N–H and O–H groups in total. The second-order valence-corrected chi connectivity index (χ2v) is 8.59. The molecule has 0 amide bonds. The quantitative estimate of drug-likeness (QED) is 0.316. The molecule has 0 atom stereocenters. The average Bonchev–Trinajstić information content (AvgIpc) is 2.84. The van der Waals surface area contributed by atoms with Crippen molar-refractivity contribution in [3.8, 4) is 29.6 Å². The lowest BCUT2D eigenvalue weighted by Crippen LogP contribution is -2.23. The number of anilines is 2. The van der Waals surface area contributed by atoms with Crippen LogP contribution in [0.1, 0.15) is 36.7 Å². The van der Waals surface area contributed by atoms with E-state index < -0.39 is 11.6 Å². The number of esters is 1. The average molecular weight is 482 g/mol. The molecule has 0 radical (unpaired) electrons. The van der Waals surface area contributed by atoms with Gasteiger partial charge in [0.05, 0.1) is 17.2 Å². The Labute approximate surface area is 208 Å². The minimum atomic E-state index is -0.615. The number of ether oxygens (including phenoxy) is 3. The van der Waals surface area contributed by atoms with Gasteiger partial charge >= 0.3 is 18.0 Å². The third-order valence-electron chi connectivity index (χ3n) is 4.49. The summed E-state index contributed by atoms with van der Waals surface area (Å²) in [5.41, 5.74) is 0.812. The van der Waals surface area contributed by atoms with Crippen LogP contribution in [0.25, 0.3) is 0 Å². The topological polar surface area (TPSA) is 119 Å². The summed E-state index contributed by atoms with van der Waals surface area (Å²) < 4.78 is 17.0. The minimum absolute atomic E-state index is 0.00522. The first-order valence-electron chi connectivity index (χ1n) is 11.0. The summed E-state index contributed by atoms with van der Waals surface area (Å²) in [4.78, 5) is 25.4. The van der Waals surface area contributed by atoms with Crippen LogP contribution in [0.3, 0.4) is 0 Å².